The van der Waals surface area contributed by atoms with Crippen molar-refractivity contribution in [2.24, 2.45) is 5.84 Å². The highest BCUT2D eigenvalue weighted by atomic mass is 15.3. The highest BCUT2D eigenvalue weighted by Gasteiger charge is 2.42. The van der Waals surface area contributed by atoms with Crippen molar-refractivity contribution in [3.05, 3.63) is 35.4 Å². The highest BCUT2D eigenvalue weighted by molar-refractivity contribution is 5.26. The third kappa shape index (κ3) is 3.47. The number of hydrogen-bond acceptors (Lipinski definition) is 3. The van der Waals surface area contributed by atoms with Gasteiger partial charge < -0.3 is 4.90 Å². The van der Waals surface area contributed by atoms with Gasteiger partial charge in [-0.3, -0.25) is 11.3 Å². The fourth-order valence-electron chi connectivity index (χ4n) is 3.77. The van der Waals surface area contributed by atoms with Crippen LogP contribution in [0.3, 0.4) is 0 Å². The van der Waals surface area contributed by atoms with Gasteiger partial charge in [-0.15, -0.1) is 0 Å². The molecule has 0 radical (unpaired) electrons. The van der Waals surface area contributed by atoms with Crippen LogP contribution in [0.4, 0.5) is 0 Å². The molecule has 1 fully saturated rings. The van der Waals surface area contributed by atoms with E-state index in [-0.39, 0.29) is 5.54 Å². The van der Waals surface area contributed by atoms with Gasteiger partial charge >= 0.3 is 0 Å². The molecular formula is C18H31N3. The molecule has 0 aliphatic heterocycles. The van der Waals surface area contributed by atoms with Crippen molar-refractivity contribution in [1.29, 1.82) is 0 Å². The molecule has 1 aromatic carbocycles. The molecule has 1 aromatic rings. The molecule has 0 amide bonds. The summed E-state index contributed by atoms with van der Waals surface area (Å²) in [4.78, 5) is 2.38. The standard InChI is InChI=1S/C18H31N3/c1-14(2)16-9-7-15(8-10-16)13-17(20-19)18(21(3)4)11-5-6-12-18/h7-10,14,17,20H,5-6,11-13,19H2,1-4H3. The molecule has 2 rings (SSSR count). The topological polar surface area (TPSA) is 41.3 Å². The Morgan fingerprint density at radius 1 is 1.14 bits per heavy atom. The number of nitrogens with two attached hydrogens (primary N) is 1. The SMILES string of the molecule is CC(C)c1ccc(CC(NN)C2(N(C)C)CCCC2)cc1. The normalized spacial score (nSPS) is 19.4. The van der Waals surface area contributed by atoms with E-state index < -0.39 is 0 Å². The van der Waals surface area contributed by atoms with Crippen LogP contribution in [0, 0.1) is 0 Å². The Hall–Kier alpha value is -0.900. The maximum absolute atomic E-state index is 5.92. The molecule has 0 heterocycles. The predicted octanol–water partition coefficient (Wildman–Crippen LogP) is 3.06. The summed E-state index contributed by atoms with van der Waals surface area (Å²) < 4.78 is 0. The largest absolute Gasteiger partial charge is 0.302 e. The number of hydrazine groups is 1. The average molecular weight is 289 g/mol. The first-order valence-electron chi connectivity index (χ1n) is 8.22. The zero-order valence-electron chi connectivity index (χ0n) is 14.0. The van der Waals surface area contributed by atoms with Gasteiger partial charge in [0.15, 0.2) is 0 Å². The number of nitrogens with one attached hydrogen (secondary N) is 1. The van der Waals surface area contributed by atoms with Gasteiger partial charge in [0, 0.05) is 11.6 Å². The molecule has 3 heteroatoms. The van der Waals surface area contributed by atoms with E-state index in [2.05, 4.69) is 62.5 Å². The zero-order chi connectivity index (χ0) is 15.5. The summed E-state index contributed by atoms with van der Waals surface area (Å²) >= 11 is 0. The quantitative estimate of drug-likeness (QED) is 0.625. The number of hydrogen-bond donors (Lipinski definition) is 2. The molecule has 1 unspecified atom stereocenters. The molecule has 3 N–H and O–H groups in total. The summed E-state index contributed by atoms with van der Waals surface area (Å²) in [5, 5.41) is 0. The van der Waals surface area contributed by atoms with Crippen LogP contribution in [-0.4, -0.2) is 30.6 Å². The fraction of sp³-hybridized carbons (Fsp3) is 0.667. The molecule has 0 spiro atoms. The molecule has 0 saturated heterocycles. The Morgan fingerprint density at radius 3 is 2.14 bits per heavy atom. The molecule has 21 heavy (non-hydrogen) atoms. The van der Waals surface area contributed by atoms with Gasteiger partial charge in [0.1, 0.15) is 0 Å². The number of benzene rings is 1. The molecule has 0 bridgehead atoms. The predicted molar refractivity (Wildman–Crippen MR) is 90.2 cm³/mol. The van der Waals surface area contributed by atoms with Gasteiger partial charge in [0.2, 0.25) is 0 Å². The minimum Gasteiger partial charge on any atom is -0.302 e. The van der Waals surface area contributed by atoms with E-state index in [0.717, 1.165) is 6.42 Å². The summed E-state index contributed by atoms with van der Waals surface area (Å²) in [6.07, 6.45) is 6.08. The second-order valence-electron chi connectivity index (χ2n) is 7.02. The smallest absolute Gasteiger partial charge is 0.0434 e. The van der Waals surface area contributed by atoms with Gasteiger partial charge in [-0.05, 0) is 50.4 Å². The highest BCUT2D eigenvalue weighted by Crippen LogP contribution is 2.37. The van der Waals surface area contributed by atoms with E-state index in [0.29, 0.717) is 12.0 Å². The molecule has 3 nitrogen and oxygen atoms in total. The van der Waals surface area contributed by atoms with Crippen molar-refractivity contribution in [3.63, 3.8) is 0 Å². The fourth-order valence-corrected chi connectivity index (χ4v) is 3.77. The van der Waals surface area contributed by atoms with E-state index in [1.54, 1.807) is 0 Å². The Balaban J connectivity index is 2.14. The third-order valence-corrected chi connectivity index (χ3v) is 5.30. The summed E-state index contributed by atoms with van der Waals surface area (Å²) in [5.74, 6) is 6.51. The molecule has 1 aliphatic carbocycles. The Morgan fingerprint density at radius 2 is 1.71 bits per heavy atom. The van der Waals surface area contributed by atoms with Crippen LogP contribution in [-0.2, 0) is 6.42 Å². The molecule has 0 aromatic heterocycles. The first kappa shape index (κ1) is 16.5. The maximum Gasteiger partial charge on any atom is 0.0434 e. The number of likely N-dealkylation sites (N-methyl/N-ethyl adjacent to an activating group) is 1. The van der Waals surface area contributed by atoms with Gasteiger partial charge in [-0.2, -0.15) is 0 Å². The van der Waals surface area contributed by atoms with Crippen LogP contribution in [0.25, 0.3) is 0 Å². The van der Waals surface area contributed by atoms with Crippen LogP contribution >= 0.6 is 0 Å². The Kier molecular flexibility index (Phi) is 5.42. The summed E-state index contributed by atoms with van der Waals surface area (Å²) in [6.45, 7) is 4.47. The van der Waals surface area contributed by atoms with Crippen LogP contribution < -0.4 is 11.3 Å². The molecule has 1 atom stereocenters. The lowest BCUT2D eigenvalue weighted by Crippen LogP contribution is -2.60. The maximum atomic E-state index is 5.92. The first-order chi connectivity index (χ1) is 9.99. The molecule has 1 saturated carbocycles. The van der Waals surface area contributed by atoms with Crippen LogP contribution in [0.15, 0.2) is 24.3 Å². The average Bonchev–Trinajstić information content (AvgIpc) is 2.96. The van der Waals surface area contributed by atoms with Crippen molar-refractivity contribution in [3.8, 4) is 0 Å². The monoisotopic (exact) mass is 289 g/mol. The van der Waals surface area contributed by atoms with E-state index in [9.17, 15) is 0 Å². The zero-order valence-corrected chi connectivity index (χ0v) is 14.0. The third-order valence-electron chi connectivity index (χ3n) is 5.30. The second kappa shape index (κ2) is 6.91. The minimum absolute atomic E-state index is 0.200. The summed E-state index contributed by atoms with van der Waals surface area (Å²) in [5.41, 5.74) is 6.08. The van der Waals surface area contributed by atoms with Crippen LogP contribution in [0.2, 0.25) is 0 Å². The van der Waals surface area contributed by atoms with Crippen LogP contribution in [0.1, 0.15) is 56.6 Å². The van der Waals surface area contributed by atoms with Gasteiger partial charge in [-0.25, -0.2) is 0 Å². The van der Waals surface area contributed by atoms with E-state index in [1.807, 2.05) is 0 Å². The summed E-state index contributed by atoms with van der Waals surface area (Å²) in [7, 11) is 4.38. The number of nitrogens with zero attached hydrogens (tertiary/aromatic N) is 1. The number of rotatable bonds is 6. The van der Waals surface area contributed by atoms with Crippen molar-refractivity contribution < 1.29 is 0 Å². The molecule has 118 valence electrons. The van der Waals surface area contributed by atoms with Crippen molar-refractivity contribution in [2.45, 2.75) is 63.5 Å². The lowest BCUT2D eigenvalue weighted by atomic mass is 9.83. The summed E-state index contributed by atoms with van der Waals surface area (Å²) in [6, 6.07) is 9.34. The second-order valence-corrected chi connectivity index (χ2v) is 7.02. The van der Waals surface area contributed by atoms with E-state index in [4.69, 9.17) is 5.84 Å². The molecule has 1 aliphatic rings. The van der Waals surface area contributed by atoms with Crippen molar-refractivity contribution >= 4 is 0 Å². The lowest BCUT2D eigenvalue weighted by Gasteiger charge is -2.43. The molecular weight excluding hydrogens is 258 g/mol. The minimum atomic E-state index is 0.200. The van der Waals surface area contributed by atoms with E-state index in [1.165, 1.54) is 36.8 Å². The van der Waals surface area contributed by atoms with Crippen LogP contribution in [0.5, 0.6) is 0 Å². The van der Waals surface area contributed by atoms with Crippen molar-refractivity contribution in [1.82, 2.24) is 10.3 Å². The lowest BCUT2D eigenvalue weighted by molar-refractivity contribution is 0.104. The van der Waals surface area contributed by atoms with Gasteiger partial charge in [0.05, 0.1) is 0 Å². The first-order valence-corrected chi connectivity index (χ1v) is 8.22. The van der Waals surface area contributed by atoms with Gasteiger partial charge in [0.25, 0.3) is 0 Å². The Labute approximate surface area is 129 Å². The Bertz CT molecular complexity index is 430. The van der Waals surface area contributed by atoms with Crippen molar-refractivity contribution in [2.75, 3.05) is 14.1 Å². The van der Waals surface area contributed by atoms with E-state index >= 15 is 0 Å². The van der Waals surface area contributed by atoms with Gasteiger partial charge in [-0.1, -0.05) is 51.0 Å².